The van der Waals surface area contributed by atoms with Crippen LogP contribution in [0.4, 0.5) is 0 Å². The lowest BCUT2D eigenvalue weighted by molar-refractivity contribution is 0.176. The van der Waals surface area contributed by atoms with E-state index in [0.29, 0.717) is 6.42 Å². The molecule has 0 bridgehead atoms. The third kappa shape index (κ3) is 2.79. The summed E-state index contributed by atoms with van der Waals surface area (Å²) >= 11 is 1.57. The van der Waals surface area contributed by atoms with E-state index in [0.717, 1.165) is 16.3 Å². The Hall–Kier alpha value is -1.20. The summed E-state index contributed by atoms with van der Waals surface area (Å²) in [6.07, 6.45) is 3.67. The zero-order valence-corrected chi connectivity index (χ0v) is 12.0. The highest BCUT2D eigenvalue weighted by atomic mass is 32.1. The smallest absolute Gasteiger partial charge is 0.0954 e. The maximum Gasteiger partial charge on any atom is 0.0954 e. The van der Waals surface area contributed by atoms with Gasteiger partial charge in [0.05, 0.1) is 16.8 Å². The molecule has 2 aromatic heterocycles. The average molecular weight is 265 g/mol. The van der Waals surface area contributed by atoms with Gasteiger partial charge in [-0.25, -0.2) is 4.98 Å². The third-order valence-corrected chi connectivity index (χ3v) is 3.58. The van der Waals surface area contributed by atoms with Crippen molar-refractivity contribution >= 4 is 11.3 Å². The minimum absolute atomic E-state index is 0.0690. The van der Waals surface area contributed by atoms with Crippen LogP contribution in [0.5, 0.6) is 0 Å². The van der Waals surface area contributed by atoms with Gasteiger partial charge in [-0.1, -0.05) is 20.8 Å². The zero-order valence-electron chi connectivity index (χ0n) is 11.2. The summed E-state index contributed by atoms with van der Waals surface area (Å²) in [5, 5.41) is 17.7. The predicted octanol–water partition coefficient (Wildman–Crippen LogP) is 2.45. The lowest BCUT2D eigenvalue weighted by atomic mass is 9.87. The molecule has 4 nitrogen and oxygen atoms in total. The Bertz CT molecular complexity index is 511. The molecule has 1 N–H and O–H groups in total. The number of hydrogen-bond donors (Lipinski definition) is 1. The number of nitrogens with zero attached hydrogens (tertiary/aromatic N) is 3. The number of hydrogen-bond acceptors (Lipinski definition) is 4. The topological polar surface area (TPSA) is 50.9 Å². The van der Waals surface area contributed by atoms with Crippen LogP contribution in [0.3, 0.4) is 0 Å². The summed E-state index contributed by atoms with van der Waals surface area (Å²) < 4.78 is 1.76. The number of aromatic nitrogens is 3. The third-order valence-electron chi connectivity index (χ3n) is 2.78. The van der Waals surface area contributed by atoms with Crippen LogP contribution in [0, 0.1) is 0 Å². The van der Waals surface area contributed by atoms with E-state index in [1.807, 2.05) is 18.6 Å². The number of rotatable bonds is 3. The molecule has 0 aliphatic carbocycles. The molecule has 0 aromatic carbocycles. The minimum Gasteiger partial charge on any atom is -0.388 e. The van der Waals surface area contributed by atoms with E-state index in [1.165, 1.54) is 0 Å². The van der Waals surface area contributed by atoms with Crippen molar-refractivity contribution < 1.29 is 5.11 Å². The van der Waals surface area contributed by atoms with Crippen molar-refractivity contribution in [3.63, 3.8) is 0 Å². The van der Waals surface area contributed by atoms with Gasteiger partial charge in [0.2, 0.25) is 0 Å². The van der Waals surface area contributed by atoms with Gasteiger partial charge in [-0.2, -0.15) is 5.10 Å². The Labute approximate surface area is 111 Å². The average Bonchev–Trinajstić information content (AvgIpc) is 2.85. The Kier molecular flexibility index (Phi) is 3.54. The second-order valence-corrected chi connectivity index (χ2v) is 6.48. The summed E-state index contributed by atoms with van der Waals surface area (Å²) in [5.74, 6) is 0. The van der Waals surface area contributed by atoms with Crippen molar-refractivity contribution in [2.45, 2.75) is 38.7 Å². The van der Waals surface area contributed by atoms with Crippen molar-refractivity contribution in [3.05, 3.63) is 34.0 Å². The van der Waals surface area contributed by atoms with Crippen molar-refractivity contribution in [2.24, 2.45) is 7.05 Å². The predicted molar refractivity (Wildman–Crippen MR) is 72.7 cm³/mol. The van der Waals surface area contributed by atoms with Crippen LogP contribution in [0.25, 0.3) is 0 Å². The standard InChI is InChI=1S/C13H19N3OS/c1-13(2,3)12-9(8-16(4)15-12)10(17)7-11-14-5-6-18-11/h5-6,8,10,17H,7H2,1-4H3. The van der Waals surface area contributed by atoms with Gasteiger partial charge in [0.15, 0.2) is 0 Å². The Morgan fingerprint density at radius 2 is 2.17 bits per heavy atom. The molecule has 0 aliphatic rings. The summed E-state index contributed by atoms with van der Waals surface area (Å²) in [5.41, 5.74) is 1.79. The summed E-state index contributed by atoms with van der Waals surface area (Å²) in [6, 6.07) is 0. The molecular weight excluding hydrogens is 246 g/mol. The van der Waals surface area contributed by atoms with Crippen molar-refractivity contribution in [3.8, 4) is 0 Å². The number of thiazole rings is 1. The minimum atomic E-state index is -0.543. The van der Waals surface area contributed by atoms with Crippen LogP contribution in [0.2, 0.25) is 0 Å². The molecule has 2 heterocycles. The highest BCUT2D eigenvalue weighted by Gasteiger charge is 2.26. The van der Waals surface area contributed by atoms with Gasteiger partial charge in [-0.15, -0.1) is 11.3 Å². The first kappa shape index (κ1) is 13.2. The summed E-state index contributed by atoms with van der Waals surface area (Å²) in [7, 11) is 1.88. The molecule has 1 atom stereocenters. The largest absolute Gasteiger partial charge is 0.388 e. The van der Waals surface area contributed by atoms with Crippen LogP contribution < -0.4 is 0 Å². The monoisotopic (exact) mass is 265 g/mol. The molecule has 0 spiro atoms. The Morgan fingerprint density at radius 3 is 2.72 bits per heavy atom. The van der Waals surface area contributed by atoms with E-state index in [1.54, 1.807) is 22.2 Å². The Balaban J connectivity index is 2.27. The number of aliphatic hydroxyl groups excluding tert-OH is 1. The molecule has 18 heavy (non-hydrogen) atoms. The maximum absolute atomic E-state index is 10.4. The summed E-state index contributed by atoms with van der Waals surface area (Å²) in [6.45, 7) is 6.32. The molecule has 0 fully saturated rings. The van der Waals surface area contributed by atoms with Crippen molar-refractivity contribution in [1.82, 2.24) is 14.8 Å². The van der Waals surface area contributed by atoms with E-state index in [-0.39, 0.29) is 5.41 Å². The van der Waals surface area contributed by atoms with Gasteiger partial charge in [0, 0.05) is 42.2 Å². The first-order valence-electron chi connectivity index (χ1n) is 5.98. The van der Waals surface area contributed by atoms with E-state index >= 15 is 0 Å². The van der Waals surface area contributed by atoms with Crippen molar-refractivity contribution in [1.29, 1.82) is 0 Å². The molecule has 0 amide bonds. The molecular formula is C13H19N3OS. The maximum atomic E-state index is 10.4. The first-order chi connectivity index (χ1) is 8.38. The van der Waals surface area contributed by atoms with E-state index in [9.17, 15) is 5.11 Å². The number of aryl methyl sites for hydroxylation is 1. The van der Waals surface area contributed by atoms with E-state index in [4.69, 9.17) is 0 Å². The quantitative estimate of drug-likeness (QED) is 0.927. The normalized spacial score (nSPS) is 13.8. The molecule has 0 saturated carbocycles. The molecule has 0 aliphatic heterocycles. The van der Waals surface area contributed by atoms with Crippen LogP contribution in [0.15, 0.2) is 17.8 Å². The van der Waals surface area contributed by atoms with Crippen LogP contribution in [-0.4, -0.2) is 19.9 Å². The van der Waals surface area contributed by atoms with Gasteiger partial charge in [0.1, 0.15) is 0 Å². The van der Waals surface area contributed by atoms with Gasteiger partial charge >= 0.3 is 0 Å². The highest BCUT2D eigenvalue weighted by Crippen LogP contribution is 2.30. The van der Waals surface area contributed by atoms with Gasteiger partial charge in [0.25, 0.3) is 0 Å². The van der Waals surface area contributed by atoms with Gasteiger partial charge in [-0.05, 0) is 0 Å². The first-order valence-corrected chi connectivity index (χ1v) is 6.86. The van der Waals surface area contributed by atoms with Gasteiger partial charge < -0.3 is 5.11 Å². The van der Waals surface area contributed by atoms with Gasteiger partial charge in [-0.3, -0.25) is 4.68 Å². The fourth-order valence-electron chi connectivity index (χ4n) is 1.96. The van der Waals surface area contributed by atoms with Crippen LogP contribution >= 0.6 is 11.3 Å². The van der Waals surface area contributed by atoms with E-state index < -0.39 is 6.10 Å². The highest BCUT2D eigenvalue weighted by molar-refractivity contribution is 7.09. The SMILES string of the molecule is Cn1cc(C(O)Cc2nccs2)c(C(C)(C)C)n1. The second kappa shape index (κ2) is 4.82. The fourth-order valence-corrected chi connectivity index (χ4v) is 2.62. The molecule has 0 radical (unpaired) electrons. The molecule has 98 valence electrons. The molecule has 2 rings (SSSR count). The second-order valence-electron chi connectivity index (χ2n) is 5.50. The lowest BCUT2D eigenvalue weighted by Gasteiger charge is -2.19. The van der Waals surface area contributed by atoms with E-state index in [2.05, 4.69) is 30.9 Å². The molecule has 2 aromatic rings. The molecule has 1 unspecified atom stereocenters. The lowest BCUT2D eigenvalue weighted by Crippen LogP contribution is -2.17. The fraction of sp³-hybridized carbons (Fsp3) is 0.538. The molecule has 0 saturated heterocycles. The Morgan fingerprint density at radius 1 is 1.44 bits per heavy atom. The zero-order chi connectivity index (χ0) is 13.3. The van der Waals surface area contributed by atoms with Crippen LogP contribution in [-0.2, 0) is 18.9 Å². The number of aliphatic hydroxyl groups is 1. The molecule has 5 heteroatoms. The van der Waals surface area contributed by atoms with Crippen LogP contribution in [0.1, 0.15) is 43.1 Å². The van der Waals surface area contributed by atoms with Crippen molar-refractivity contribution in [2.75, 3.05) is 0 Å². The summed E-state index contributed by atoms with van der Waals surface area (Å²) in [4.78, 5) is 4.21.